The maximum Gasteiger partial charge on any atom is 0.262 e. The number of carbonyl (C=O) groups excluding carboxylic acids is 3. The van der Waals surface area contributed by atoms with Crippen molar-refractivity contribution >= 4 is 29.5 Å². The van der Waals surface area contributed by atoms with Crippen LogP contribution < -0.4 is 14.8 Å². The number of amides is 3. The number of para-hydroxylation sites is 2. The van der Waals surface area contributed by atoms with Crippen LogP contribution in [0, 0.1) is 0 Å². The number of rotatable bonds is 7. The van der Waals surface area contributed by atoms with Crippen LogP contribution in [0.15, 0.2) is 48.5 Å². The number of hydrogen-bond acceptors (Lipinski definition) is 6. The summed E-state index contributed by atoms with van der Waals surface area (Å²) in [5, 5.41) is 2.84. The first-order valence-electron chi connectivity index (χ1n) is 9.72. The summed E-state index contributed by atoms with van der Waals surface area (Å²) in [6.07, 6.45) is 1.94. The zero-order valence-electron chi connectivity index (χ0n) is 16.5. The molecule has 3 amide bonds. The third-order valence-electron chi connectivity index (χ3n) is 5.11. The Bertz CT molecular complexity index is 945. The molecule has 2 aromatic carbocycles. The Morgan fingerprint density at radius 2 is 1.73 bits per heavy atom. The number of hydrogen-bond donors (Lipinski definition) is 1. The normalized spacial score (nSPS) is 18.2. The Labute approximate surface area is 178 Å². The molecular weight excluding hydrogens is 404 g/mol. The van der Waals surface area contributed by atoms with Gasteiger partial charge in [0.2, 0.25) is 5.91 Å². The van der Waals surface area contributed by atoms with E-state index >= 15 is 0 Å². The van der Waals surface area contributed by atoms with Crippen molar-refractivity contribution < 1.29 is 23.9 Å². The standard InChI is InChI=1S/C22H22N2O5S/c1-30-11-10-17(24-21(26)15-6-2-3-7-16(15)22(24)27)20(25)23-12-14-13-28-18-8-4-5-9-19(18)29-14/h2-9,14,17H,10-13H2,1H3,(H,23,25). The van der Waals surface area contributed by atoms with Gasteiger partial charge < -0.3 is 14.8 Å². The molecule has 2 aromatic rings. The Hall–Kier alpha value is -3.00. The van der Waals surface area contributed by atoms with Gasteiger partial charge >= 0.3 is 0 Å². The number of nitrogens with one attached hydrogen (secondary N) is 1. The minimum atomic E-state index is -0.873. The van der Waals surface area contributed by atoms with Crippen molar-refractivity contribution in [2.45, 2.75) is 18.6 Å². The van der Waals surface area contributed by atoms with Crippen LogP contribution in [0.25, 0.3) is 0 Å². The van der Waals surface area contributed by atoms with E-state index in [0.717, 1.165) is 4.90 Å². The van der Waals surface area contributed by atoms with Gasteiger partial charge in [-0.3, -0.25) is 19.3 Å². The van der Waals surface area contributed by atoms with Crippen LogP contribution in [0.3, 0.4) is 0 Å². The van der Waals surface area contributed by atoms with Crippen molar-refractivity contribution in [3.05, 3.63) is 59.7 Å². The minimum absolute atomic E-state index is 0.214. The average molecular weight is 426 g/mol. The van der Waals surface area contributed by atoms with E-state index in [-0.39, 0.29) is 18.6 Å². The van der Waals surface area contributed by atoms with Gasteiger partial charge in [-0.25, -0.2) is 0 Å². The monoisotopic (exact) mass is 426 g/mol. The molecule has 4 rings (SSSR count). The molecular formula is C22H22N2O5S. The number of benzene rings is 2. The Morgan fingerprint density at radius 3 is 2.40 bits per heavy atom. The van der Waals surface area contributed by atoms with E-state index in [4.69, 9.17) is 9.47 Å². The lowest BCUT2D eigenvalue weighted by atomic mass is 10.1. The fraction of sp³-hybridized carbons (Fsp3) is 0.318. The Morgan fingerprint density at radius 1 is 1.10 bits per heavy atom. The van der Waals surface area contributed by atoms with Gasteiger partial charge in [0, 0.05) is 0 Å². The zero-order valence-corrected chi connectivity index (χ0v) is 17.3. The second-order valence-electron chi connectivity index (χ2n) is 7.07. The Balaban J connectivity index is 1.45. The van der Waals surface area contributed by atoms with Crippen molar-refractivity contribution in [2.75, 3.05) is 25.2 Å². The van der Waals surface area contributed by atoms with Crippen LogP contribution in [0.5, 0.6) is 11.5 Å². The molecule has 0 aliphatic carbocycles. The van der Waals surface area contributed by atoms with E-state index in [9.17, 15) is 14.4 Å². The number of carbonyl (C=O) groups is 3. The predicted molar refractivity (Wildman–Crippen MR) is 113 cm³/mol. The van der Waals surface area contributed by atoms with E-state index in [2.05, 4.69) is 5.32 Å². The summed E-state index contributed by atoms with van der Waals surface area (Å²) < 4.78 is 11.5. The zero-order chi connectivity index (χ0) is 21.1. The number of thioether (sulfide) groups is 1. The highest BCUT2D eigenvalue weighted by Gasteiger charge is 2.42. The average Bonchev–Trinajstić information content (AvgIpc) is 3.03. The molecule has 156 valence electrons. The summed E-state index contributed by atoms with van der Waals surface area (Å²) in [6, 6.07) is 13.1. The molecule has 0 bridgehead atoms. The van der Waals surface area contributed by atoms with Gasteiger partial charge in [0.25, 0.3) is 11.8 Å². The summed E-state index contributed by atoms with van der Waals surface area (Å²) in [6.45, 7) is 0.520. The maximum atomic E-state index is 13.0. The SMILES string of the molecule is CSCCC(C(=O)NCC1COc2ccccc2O1)N1C(=O)c2ccccc2C1=O. The fourth-order valence-corrected chi connectivity index (χ4v) is 4.05. The third kappa shape index (κ3) is 3.87. The van der Waals surface area contributed by atoms with Crippen LogP contribution in [0.4, 0.5) is 0 Å². The smallest absolute Gasteiger partial charge is 0.262 e. The molecule has 0 saturated heterocycles. The summed E-state index contributed by atoms with van der Waals surface area (Å²) in [7, 11) is 0. The second kappa shape index (κ2) is 8.79. The number of imide groups is 1. The van der Waals surface area contributed by atoms with Crippen molar-refractivity contribution in [1.29, 1.82) is 0 Å². The van der Waals surface area contributed by atoms with Gasteiger partial charge in [0.1, 0.15) is 18.8 Å². The summed E-state index contributed by atoms with van der Waals surface area (Å²) in [4.78, 5) is 39.8. The molecule has 0 fully saturated rings. The van der Waals surface area contributed by atoms with E-state index in [1.807, 2.05) is 30.5 Å². The topological polar surface area (TPSA) is 84.9 Å². The van der Waals surface area contributed by atoms with Crippen molar-refractivity contribution in [2.24, 2.45) is 0 Å². The summed E-state index contributed by atoms with van der Waals surface area (Å²) in [5.74, 6) is 0.709. The van der Waals surface area contributed by atoms with Crippen LogP contribution >= 0.6 is 11.8 Å². The second-order valence-corrected chi connectivity index (χ2v) is 8.05. The molecule has 2 aliphatic heterocycles. The lowest BCUT2D eigenvalue weighted by Gasteiger charge is -2.29. The molecule has 2 aliphatic rings. The molecule has 2 heterocycles. The number of ether oxygens (including phenoxy) is 2. The molecule has 1 N–H and O–H groups in total. The molecule has 0 saturated carbocycles. The first-order valence-corrected chi connectivity index (χ1v) is 11.1. The largest absolute Gasteiger partial charge is 0.486 e. The molecule has 0 radical (unpaired) electrons. The highest BCUT2D eigenvalue weighted by Crippen LogP contribution is 2.31. The first-order chi connectivity index (χ1) is 14.6. The van der Waals surface area contributed by atoms with Gasteiger partial charge in [-0.1, -0.05) is 24.3 Å². The minimum Gasteiger partial charge on any atom is -0.486 e. The highest BCUT2D eigenvalue weighted by atomic mass is 32.2. The molecule has 0 aromatic heterocycles. The van der Waals surface area contributed by atoms with Gasteiger partial charge in [-0.05, 0) is 42.7 Å². The van der Waals surface area contributed by atoms with Crippen LogP contribution in [0.1, 0.15) is 27.1 Å². The quantitative estimate of drug-likeness (QED) is 0.685. The van der Waals surface area contributed by atoms with Crippen molar-refractivity contribution in [3.8, 4) is 11.5 Å². The maximum absolute atomic E-state index is 13.0. The van der Waals surface area contributed by atoms with Crippen molar-refractivity contribution in [3.63, 3.8) is 0 Å². The number of nitrogens with zero attached hydrogens (tertiary/aromatic N) is 1. The van der Waals surface area contributed by atoms with Gasteiger partial charge in [-0.2, -0.15) is 11.8 Å². The predicted octanol–water partition coefficient (Wildman–Crippen LogP) is 2.36. The third-order valence-corrected chi connectivity index (χ3v) is 5.75. The molecule has 30 heavy (non-hydrogen) atoms. The van der Waals surface area contributed by atoms with E-state index in [1.54, 1.807) is 36.0 Å². The van der Waals surface area contributed by atoms with Gasteiger partial charge in [-0.15, -0.1) is 0 Å². The molecule has 0 spiro atoms. The van der Waals surface area contributed by atoms with Crippen molar-refractivity contribution in [1.82, 2.24) is 10.2 Å². The van der Waals surface area contributed by atoms with Crippen LogP contribution in [-0.2, 0) is 4.79 Å². The first kappa shape index (κ1) is 20.3. The van der Waals surface area contributed by atoms with Gasteiger partial charge in [0.15, 0.2) is 11.5 Å². The van der Waals surface area contributed by atoms with Crippen LogP contribution in [-0.4, -0.2) is 59.9 Å². The highest BCUT2D eigenvalue weighted by molar-refractivity contribution is 7.98. The Kier molecular flexibility index (Phi) is 5.94. The van der Waals surface area contributed by atoms with Gasteiger partial charge in [0.05, 0.1) is 17.7 Å². The number of fused-ring (bicyclic) bond motifs is 2. The lowest BCUT2D eigenvalue weighted by molar-refractivity contribution is -0.125. The molecule has 2 atom stereocenters. The van der Waals surface area contributed by atoms with Crippen LogP contribution in [0.2, 0.25) is 0 Å². The van der Waals surface area contributed by atoms with E-state index in [0.29, 0.717) is 41.4 Å². The van der Waals surface area contributed by atoms with E-state index < -0.39 is 17.9 Å². The molecule has 2 unspecified atom stereocenters. The summed E-state index contributed by atoms with van der Waals surface area (Å²) >= 11 is 1.56. The molecule has 7 nitrogen and oxygen atoms in total. The fourth-order valence-electron chi connectivity index (χ4n) is 3.59. The summed E-state index contributed by atoms with van der Waals surface area (Å²) in [5.41, 5.74) is 0.676. The van der Waals surface area contributed by atoms with E-state index in [1.165, 1.54) is 0 Å². The molecule has 8 heteroatoms. The lowest BCUT2D eigenvalue weighted by Crippen LogP contribution is -2.52.